The highest BCUT2D eigenvalue weighted by Gasteiger charge is 2.13. The first-order valence-electron chi connectivity index (χ1n) is 7.81. The molecule has 4 rings (SSSR count). The fraction of sp³-hybridized carbons (Fsp3) is 0.0476. The summed E-state index contributed by atoms with van der Waals surface area (Å²) in [6, 6.07) is 22.1. The summed E-state index contributed by atoms with van der Waals surface area (Å²) in [4.78, 5) is 12.6. The van der Waals surface area contributed by atoms with E-state index in [0.29, 0.717) is 6.54 Å². The molecule has 116 valence electrons. The Labute approximate surface area is 148 Å². The van der Waals surface area contributed by atoms with Gasteiger partial charge in [0.1, 0.15) is 0 Å². The summed E-state index contributed by atoms with van der Waals surface area (Å²) in [5.74, 6) is 0.111. The third kappa shape index (κ3) is 2.72. The maximum Gasteiger partial charge on any atom is 0.227 e. The van der Waals surface area contributed by atoms with E-state index < -0.39 is 0 Å². The number of Topliss-reactive ketones (excluding diaryl/α,β-unsaturated/α-hetero) is 1. The van der Waals surface area contributed by atoms with Crippen molar-refractivity contribution >= 4 is 43.3 Å². The molecule has 3 heteroatoms. The predicted octanol–water partition coefficient (Wildman–Crippen LogP) is 4.93. The van der Waals surface area contributed by atoms with E-state index in [2.05, 4.69) is 34.1 Å². The van der Waals surface area contributed by atoms with E-state index >= 15 is 0 Å². The summed E-state index contributed by atoms with van der Waals surface area (Å²) in [7, 11) is 0. The highest BCUT2D eigenvalue weighted by atomic mass is 79.9. The molecular weight excluding hydrogens is 362 g/mol. The maximum absolute atomic E-state index is 12.6. The lowest BCUT2D eigenvalue weighted by Crippen LogP contribution is -2.36. The number of hydrogen-bond acceptors (Lipinski definition) is 1. The van der Waals surface area contributed by atoms with E-state index in [4.69, 9.17) is 0 Å². The number of carbonyl (C=O) groups excluding carboxylic acids is 1. The Hall–Kier alpha value is -2.52. The second kappa shape index (κ2) is 6.17. The molecule has 0 aliphatic rings. The third-order valence-corrected chi connectivity index (χ3v) is 4.89. The van der Waals surface area contributed by atoms with Crippen molar-refractivity contribution in [3.05, 3.63) is 89.2 Å². The van der Waals surface area contributed by atoms with Gasteiger partial charge in [0.05, 0.1) is 0 Å². The third-order valence-electron chi connectivity index (χ3n) is 4.24. The molecule has 3 aromatic carbocycles. The Morgan fingerprint density at radius 2 is 1.58 bits per heavy atom. The van der Waals surface area contributed by atoms with Crippen LogP contribution in [0, 0.1) is 0 Å². The quantitative estimate of drug-likeness (QED) is 0.282. The molecule has 0 radical (unpaired) electrons. The molecule has 0 aliphatic carbocycles. The zero-order valence-electron chi connectivity index (χ0n) is 12.9. The van der Waals surface area contributed by atoms with Crippen LogP contribution in [0.1, 0.15) is 10.4 Å². The number of aromatic nitrogens is 1. The van der Waals surface area contributed by atoms with Gasteiger partial charge in [0.2, 0.25) is 12.3 Å². The van der Waals surface area contributed by atoms with Gasteiger partial charge < -0.3 is 0 Å². The number of carbonyl (C=O) groups is 1. The summed E-state index contributed by atoms with van der Waals surface area (Å²) in [6.45, 7) is 0.348. The first-order valence-corrected chi connectivity index (χ1v) is 8.60. The monoisotopic (exact) mass is 376 g/mol. The van der Waals surface area contributed by atoms with Crippen molar-refractivity contribution < 1.29 is 9.36 Å². The smallest absolute Gasteiger partial charge is 0.227 e. The van der Waals surface area contributed by atoms with Crippen LogP contribution < -0.4 is 4.57 Å². The van der Waals surface area contributed by atoms with E-state index in [0.717, 1.165) is 31.6 Å². The molecular formula is C21H15BrNO+. The average molecular weight is 377 g/mol. The molecule has 0 bridgehead atoms. The molecule has 0 fully saturated rings. The van der Waals surface area contributed by atoms with Crippen LogP contribution in [0.3, 0.4) is 0 Å². The summed E-state index contributed by atoms with van der Waals surface area (Å²) in [5, 5.41) is 4.55. The molecule has 0 aliphatic heterocycles. The van der Waals surface area contributed by atoms with Gasteiger partial charge in [-0.1, -0.05) is 58.4 Å². The number of halogens is 1. The van der Waals surface area contributed by atoms with E-state index in [-0.39, 0.29) is 5.78 Å². The normalized spacial score (nSPS) is 11.0. The molecule has 0 spiro atoms. The minimum Gasteiger partial charge on any atom is -0.287 e. The van der Waals surface area contributed by atoms with Gasteiger partial charge in [0, 0.05) is 22.2 Å². The molecule has 0 amide bonds. The van der Waals surface area contributed by atoms with Gasteiger partial charge in [-0.15, -0.1) is 0 Å². The van der Waals surface area contributed by atoms with E-state index in [1.165, 1.54) is 0 Å². The van der Waals surface area contributed by atoms with Gasteiger partial charge >= 0.3 is 0 Å². The zero-order valence-corrected chi connectivity index (χ0v) is 14.5. The number of fused-ring (bicyclic) bond motifs is 3. The summed E-state index contributed by atoms with van der Waals surface area (Å²) < 4.78 is 2.97. The molecule has 1 aromatic heterocycles. The predicted molar refractivity (Wildman–Crippen MR) is 100 cm³/mol. The average Bonchev–Trinajstić information content (AvgIpc) is 2.62. The molecule has 24 heavy (non-hydrogen) atoms. The van der Waals surface area contributed by atoms with Gasteiger partial charge in [0.15, 0.2) is 12.4 Å². The Balaban J connectivity index is 1.81. The van der Waals surface area contributed by atoms with Crippen LogP contribution in [0.2, 0.25) is 0 Å². The molecule has 0 saturated carbocycles. The Bertz CT molecular complexity index is 1060. The van der Waals surface area contributed by atoms with Crippen LogP contribution in [0.15, 0.2) is 83.6 Å². The zero-order chi connectivity index (χ0) is 16.5. The van der Waals surface area contributed by atoms with Crippen LogP contribution >= 0.6 is 15.9 Å². The molecule has 0 N–H and O–H groups in total. The largest absolute Gasteiger partial charge is 0.287 e. The fourth-order valence-electron chi connectivity index (χ4n) is 3.03. The summed E-state index contributed by atoms with van der Waals surface area (Å²) >= 11 is 3.64. The molecule has 0 atom stereocenters. The second-order valence-electron chi connectivity index (χ2n) is 5.81. The summed E-state index contributed by atoms with van der Waals surface area (Å²) in [6.07, 6.45) is 3.82. The molecule has 4 aromatic rings. The van der Waals surface area contributed by atoms with Gasteiger partial charge in [-0.25, -0.2) is 0 Å². The molecule has 0 unspecified atom stereocenters. The number of hydrogen-bond donors (Lipinski definition) is 0. The van der Waals surface area contributed by atoms with E-state index in [9.17, 15) is 4.79 Å². The first-order chi connectivity index (χ1) is 11.7. The van der Waals surface area contributed by atoms with Crippen LogP contribution in [-0.2, 0) is 6.54 Å². The Morgan fingerprint density at radius 1 is 0.833 bits per heavy atom. The minimum atomic E-state index is 0.111. The van der Waals surface area contributed by atoms with Crippen molar-refractivity contribution in [1.82, 2.24) is 0 Å². The SMILES string of the molecule is O=C(C[n+]1ccccc1)c1ccc2cc(Br)c3ccccc3c2c1. The first kappa shape index (κ1) is 15.0. The van der Waals surface area contributed by atoms with Crippen molar-refractivity contribution in [2.75, 3.05) is 0 Å². The maximum atomic E-state index is 12.6. The lowest BCUT2D eigenvalue weighted by Gasteiger charge is -2.08. The van der Waals surface area contributed by atoms with Crippen LogP contribution in [0.25, 0.3) is 21.5 Å². The van der Waals surface area contributed by atoms with Crippen molar-refractivity contribution in [2.45, 2.75) is 6.54 Å². The highest BCUT2D eigenvalue weighted by Crippen LogP contribution is 2.32. The van der Waals surface area contributed by atoms with Gasteiger partial charge in [0.25, 0.3) is 0 Å². The summed E-state index contributed by atoms with van der Waals surface area (Å²) in [5.41, 5.74) is 0.742. The van der Waals surface area contributed by atoms with Crippen molar-refractivity contribution in [3.63, 3.8) is 0 Å². The molecule has 1 heterocycles. The van der Waals surface area contributed by atoms with Crippen molar-refractivity contribution in [3.8, 4) is 0 Å². The Morgan fingerprint density at radius 3 is 2.38 bits per heavy atom. The second-order valence-corrected chi connectivity index (χ2v) is 6.67. The number of benzene rings is 3. The van der Waals surface area contributed by atoms with Crippen LogP contribution in [0.5, 0.6) is 0 Å². The van der Waals surface area contributed by atoms with Gasteiger partial charge in [-0.2, -0.15) is 4.57 Å². The fourth-order valence-corrected chi connectivity index (χ4v) is 3.62. The van der Waals surface area contributed by atoms with E-state index in [1.807, 2.05) is 65.5 Å². The van der Waals surface area contributed by atoms with Crippen molar-refractivity contribution in [1.29, 1.82) is 0 Å². The van der Waals surface area contributed by atoms with Gasteiger partial charge in [-0.3, -0.25) is 4.79 Å². The highest BCUT2D eigenvalue weighted by molar-refractivity contribution is 9.10. The number of nitrogens with zero attached hydrogens (tertiary/aromatic N) is 1. The standard InChI is InChI=1S/C21H15BrNO/c22-20-13-15-8-9-16(21(24)14-23-10-4-1-5-11-23)12-19(15)17-6-2-3-7-18(17)20/h1-13H,14H2/q+1. The van der Waals surface area contributed by atoms with Crippen molar-refractivity contribution in [2.24, 2.45) is 0 Å². The number of pyridine rings is 1. The number of ketones is 1. The topological polar surface area (TPSA) is 20.9 Å². The van der Waals surface area contributed by atoms with Crippen LogP contribution in [0.4, 0.5) is 0 Å². The molecule has 2 nitrogen and oxygen atoms in total. The minimum absolute atomic E-state index is 0.111. The van der Waals surface area contributed by atoms with Gasteiger partial charge in [-0.05, 0) is 33.7 Å². The number of rotatable bonds is 3. The lowest BCUT2D eigenvalue weighted by molar-refractivity contribution is -0.683. The molecule has 0 saturated heterocycles. The Kier molecular flexibility index (Phi) is 3.87. The van der Waals surface area contributed by atoms with E-state index in [1.54, 1.807) is 0 Å². The van der Waals surface area contributed by atoms with Crippen LogP contribution in [-0.4, -0.2) is 5.78 Å². The lowest BCUT2D eigenvalue weighted by atomic mass is 9.98.